The highest BCUT2D eigenvalue weighted by atomic mass is 35.5. The minimum absolute atomic E-state index is 0.0769. The molecule has 0 aliphatic carbocycles. The Morgan fingerprint density at radius 1 is 1.55 bits per heavy atom. The molecule has 1 N–H and O–H groups in total. The van der Waals surface area contributed by atoms with Gasteiger partial charge in [0, 0.05) is 25.0 Å². The van der Waals surface area contributed by atoms with Gasteiger partial charge in [-0.1, -0.05) is 24.9 Å². The highest BCUT2D eigenvalue weighted by Gasteiger charge is 2.40. The Balaban J connectivity index is 1.75. The van der Waals surface area contributed by atoms with Gasteiger partial charge in [0.25, 0.3) is 0 Å². The standard InChI is InChI=1S/C14H21ClN2O2S/c1-3-6-14(19)9-17(10-14)8-13(18)16(2)7-11-4-5-12(15)20-11/h4-5,19H,3,6-10H2,1-2H3. The third-order valence-electron chi connectivity index (χ3n) is 3.56. The maximum Gasteiger partial charge on any atom is 0.236 e. The zero-order valence-electron chi connectivity index (χ0n) is 11.9. The SMILES string of the molecule is CCCC1(O)CN(CC(=O)N(C)Cc2ccc(Cl)s2)C1. The van der Waals surface area contributed by atoms with E-state index in [1.54, 1.807) is 11.9 Å². The van der Waals surface area contributed by atoms with Crippen LogP contribution in [0.25, 0.3) is 0 Å². The fourth-order valence-electron chi connectivity index (χ4n) is 2.59. The maximum atomic E-state index is 12.1. The molecule has 0 unspecified atom stereocenters. The van der Waals surface area contributed by atoms with Crippen LogP contribution in [0.3, 0.4) is 0 Å². The number of likely N-dealkylation sites (tertiary alicyclic amines) is 1. The second-order valence-electron chi connectivity index (χ2n) is 5.58. The minimum Gasteiger partial charge on any atom is -0.387 e. The molecule has 0 saturated carbocycles. The van der Waals surface area contributed by atoms with Crippen molar-refractivity contribution in [1.82, 2.24) is 9.80 Å². The lowest BCUT2D eigenvalue weighted by Crippen LogP contribution is -2.63. The van der Waals surface area contributed by atoms with E-state index in [4.69, 9.17) is 11.6 Å². The Kier molecular flexibility index (Phi) is 5.07. The van der Waals surface area contributed by atoms with E-state index in [-0.39, 0.29) is 5.91 Å². The van der Waals surface area contributed by atoms with Gasteiger partial charge in [-0.15, -0.1) is 11.3 Å². The number of nitrogens with zero attached hydrogens (tertiary/aromatic N) is 2. The Bertz CT molecular complexity index is 471. The molecular weight excluding hydrogens is 296 g/mol. The lowest BCUT2D eigenvalue weighted by molar-refractivity contribution is -0.141. The Morgan fingerprint density at radius 2 is 2.25 bits per heavy atom. The van der Waals surface area contributed by atoms with E-state index >= 15 is 0 Å². The number of carbonyl (C=O) groups excluding carboxylic acids is 1. The molecule has 1 aromatic heterocycles. The summed E-state index contributed by atoms with van der Waals surface area (Å²) in [5.41, 5.74) is -0.575. The quantitative estimate of drug-likeness (QED) is 0.875. The highest BCUT2D eigenvalue weighted by Crippen LogP contribution is 2.26. The summed E-state index contributed by atoms with van der Waals surface area (Å²) in [4.78, 5) is 16.9. The molecule has 2 heterocycles. The van der Waals surface area contributed by atoms with Crippen LogP contribution in [0.4, 0.5) is 0 Å². The number of carbonyl (C=O) groups is 1. The van der Waals surface area contributed by atoms with Gasteiger partial charge >= 0.3 is 0 Å². The number of β-amino-alcohol motifs (C(OH)–C–C–N with tert-alkyl or cyclic N) is 1. The monoisotopic (exact) mass is 316 g/mol. The molecule has 0 radical (unpaired) electrons. The largest absolute Gasteiger partial charge is 0.387 e. The molecule has 0 atom stereocenters. The molecule has 0 spiro atoms. The zero-order valence-corrected chi connectivity index (χ0v) is 13.5. The molecule has 6 heteroatoms. The van der Waals surface area contributed by atoms with Crippen molar-refractivity contribution in [2.24, 2.45) is 0 Å². The van der Waals surface area contributed by atoms with Crippen LogP contribution in [0, 0.1) is 0 Å². The van der Waals surface area contributed by atoms with E-state index in [1.807, 2.05) is 17.0 Å². The van der Waals surface area contributed by atoms with E-state index in [2.05, 4.69) is 6.92 Å². The topological polar surface area (TPSA) is 43.8 Å². The Labute approximate surface area is 128 Å². The second kappa shape index (κ2) is 6.43. The predicted molar refractivity (Wildman–Crippen MR) is 82.1 cm³/mol. The van der Waals surface area contributed by atoms with Crippen molar-refractivity contribution in [2.45, 2.75) is 31.9 Å². The summed E-state index contributed by atoms with van der Waals surface area (Å²) in [7, 11) is 1.80. The van der Waals surface area contributed by atoms with Gasteiger partial charge in [0.15, 0.2) is 0 Å². The molecule has 1 fully saturated rings. The van der Waals surface area contributed by atoms with Gasteiger partial charge in [0.1, 0.15) is 0 Å². The van der Waals surface area contributed by atoms with Crippen molar-refractivity contribution >= 4 is 28.8 Å². The molecule has 1 aliphatic rings. The normalized spacial score (nSPS) is 17.8. The zero-order chi connectivity index (χ0) is 14.8. The van der Waals surface area contributed by atoms with E-state index in [0.717, 1.165) is 22.1 Å². The van der Waals surface area contributed by atoms with Crippen LogP contribution in [0.2, 0.25) is 4.34 Å². The summed E-state index contributed by atoms with van der Waals surface area (Å²) in [5.74, 6) is 0.0769. The molecule has 112 valence electrons. The van der Waals surface area contributed by atoms with Gasteiger partial charge in [-0.3, -0.25) is 9.69 Å². The number of aliphatic hydroxyl groups is 1. The first-order valence-electron chi connectivity index (χ1n) is 6.85. The minimum atomic E-state index is -0.575. The van der Waals surface area contributed by atoms with Crippen LogP contribution in [-0.2, 0) is 11.3 Å². The number of hydrogen-bond acceptors (Lipinski definition) is 4. The van der Waals surface area contributed by atoms with Gasteiger partial charge in [-0.25, -0.2) is 0 Å². The molecular formula is C14H21ClN2O2S. The first-order chi connectivity index (χ1) is 9.42. The number of likely N-dealkylation sites (N-methyl/N-ethyl adjacent to an activating group) is 1. The van der Waals surface area contributed by atoms with E-state index < -0.39 is 5.60 Å². The molecule has 0 aromatic carbocycles. The fraction of sp³-hybridized carbons (Fsp3) is 0.643. The van der Waals surface area contributed by atoms with Crippen molar-refractivity contribution in [3.63, 3.8) is 0 Å². The number of rotatable bonds is 6. The van der Waals surface area contributed by atoms with E-state index in [0.29, 0.717) is 26.2 Å². The lowest BCUT2D eigenvalue weighted by atomic mass is 9.89. The lowest BCUT2D eigenvalue weighted by Gasteiger charge is -2.46. The number of thiophene rings is 1. The van der Waals surface area contributed by atoms with Crippen LogP contribution >= 0.6 is 22.9 Å². The first kappa shape index (κ1) is 15.8. The van der Waals surface area contributed by atoms with E-state index in [9.17, 15) is 9.90 Å². The van der Waals surface area contributed by atoms with Crippen molar-refractivity contribution in [1.29, 1.82) is 0 Å². The van der Waals surface area contributed by atoms with Crippen LogP contribution in [0.15, 0.2) is 12.1 Å². The third kappa shape index (κ3) is 3.95. The van der Waals surface area contributed by atoms with Crippen LogP contribution in [-0.4, -0.2) is 53.1 Å². The maximum absolute atomic E-state index is 12.1. The fourth-order valence-corrected chi connectivity index (χ4v) is 3.73. The molecule has 2 rings (SSSR count). The second-order valence-corrected chi connectivity index (χ2v) is 7.37. The van der Waals surface area contributed by atoms with Crippen molar-refractivity contribution in [2.75, 3.05) is 26.7 Å². The summed E-state index contributed by atoms with van der Waals surface area (Å²) in [6, 6.07) is 3.79. The summed E-state index contributed by atoms with van der Waals surface area (Å²) in [5, 5.41) is 10.1. The summed E-state index contributed by atoms with van der Waals surface area (Å²) in [6.45, 7) is 4.23. The van der Waals surface area contributed by atoms with Crippen LogP contribution in [0.5, 0.6) is 0 Å². The molecule has 1 aliphatic heterocycles. The third-order valence-corrected chi connectivity index (χ3v) is 4.77. The Morgan fingerprint density at radius 3 is 2.80 bits per heavy atom. The van der Waals surface area contributed by atoms with Gasteiger partial charge in [0.05, 0.1) is 23.0 Å². The van der Waals surface area contributed by atoms with Crippen LogP contribution in [0.1, 0.15) is 24.6 Å². The summed E-state index contributed by atoms with van der Waals surface area (Å²) >= 11 is 7.38. The number of halogens is 1. The van der Waals surface area contributed by atoms with Gasteiger partial charge in [-0.2, -0.15) is 0 Å². The predicted octanol–water partition coefficient (Wildman–Crippen LogP) is 2.21. The molecule has 20 heavy (non-hydrogen) atoms. The van der Waals surface area contributed by atoms with Crippen molar-refractivity contribution in [3.8, 4) is 0 Å². The number of amides is 1. The summed E-state index contributed by atoms with van der Waals surface area (Å²) < 4.78 is 0.744. The van der Waals surface area contributed by atoms with Gasteiger partial charge < -0.3 is 10.0 Å². The summed E-state index contributed by atoms with van der Waals surface area (Å²) in [6.07, 6.45) is 1.78. The average Bonchev–Trinajstić information content (AvgIpc) is 2.73. The van der Waals surface area contributed by atoms with Gasteiger partial charge in [-0.05, 0) is 18.6 Å². The van der Waals surface area contributed by atoms with Crippen molar-refractivity contribution in [3.05, 3.63) is 21.3 Å². The smallest absolute Gasteiger partial charge is 0.236 e. The molecule has 1 saturated heterocycles. The number of hydrogen-bond donors (Lipinski definition) is 1. The first-order valence-corrected chi connectivity index (χ1v) is 8.04. The molecule has 1 aromatic rings. The van der Waals surface area contributed by atoms with E-state index in [1.165, 1.54) is 11.3 Å². The molecule has 4 nitrogen and oxygen atoms in total. The highest BCUT2D eigenvalue weighted by molar-refractivity contribution is 7.16. The van der Waals surface area contributed by atoms with Gasteiger partial charge in [0.2, 0.25) is 5.91 Å². The molecule has 0 bridgehead atoms. The van der Waals surface area contributed by atoms with Crippen molar-refractivity contribution < 1.29 is 9.90 Å². The average molecular weight is 317 g/mol. The Hall–Kier alpha value is -0.620. The van der Waals surface area contributed by atoms with Crippen LogP contribution < -0.4 is 0 Å². The molecule has 1 amide bonds.